The van der Waals surface area contributed by atoms with Crippen molar-refractivity contribution in [2.45, 2.75) is 71.7 Å². The molecule has 0 unspecified atom stereocenters. The standard InChI is InChI=1S/C13H26O4/c1-7(2)13(8(3)4)17-11-6-10(14)12(15)9(5)16-11/h7-15H,6H2,1-5H3/t9-,10+,11+,12-/m1/s1. The zero-order valence-corrected chi connectivity index (χ0v) is 11.5. The summed E-state index contributed by atoms with van der Waals surface area (Å²) in [5, 5.41) is 19.3. The third-order valence-electron chi connectivity index (χ3n) is 3.30. The smallest absolute Gasteiger partial charge is 0.161 e. The maximum absolute atomic E-state index is 9.70. The van der Waals surface area contributed by atoms with Crippen LogP contribution in [0, 0.1) is 11.8 Å². The maximum Gasteiger partial charge on any atom is 0.161 e. The topological polar surface area (TPSA) is 58.9 Å². The van der Waals surface area contributed by atoms with Crippen LogP contribution in [0.5, 0.6) is 0 Å². The lowest BCUT2D eigenvalue weighted by atomic mass is 9.96. The molecule has 1 aliphatic rings. The normalized spacial score (nSPS) is 34.9. The molecular formula is C13H26O4. The van der Waals surface area contributed by atoms with Crippen LogP contribution < -0.4 is 0 Å². The van der Waals surface area contributed by atoms with Crippen molar-refractivity contribution >= 4 is 0 Å². The first-order valence-electron chi connectivity index (χ1n) is 6.50. The van der Waals surface area contributed by atoms with E-state index in [1.165, 1.54) is 0 Å². The summed E-state index contributed by atoms with van der Waals surface area (Å²) < 4.78 is 11.5. The molecule has 0 bridgehead atoms. The summed E-state index contributed by atoms with van der Waals surface area (Å²) >= 11 is 0. The minimum absolute atomic E-state index is 0.106. The van der Waals surface area contributed by atoms with E-state index in [9.17, 15) is 10.2 Å². The van der Waals surface area contributed by atoms with E-state index >= 15 is 0 Å². The first kappa shape index (κ1) is 14.9. The van der Waals surface area contributed by atoms with Gasteiger partial charge in [-0.25, -0.2) is 0 Å². The molecule has 17 heavy (non-hydrogen) atoms. The number of hydrogen-bond donors (Lipinski definition) is 2. The zero-order valence-electron chi connectivity index (χ0n) is 11.5. The second-order valence-electron chi connectivity index (χ2n) is 5.65. The van der Waals surface area contributed by atoms with Gasteiger partial charge in [0.25, 0.3) is 0 Å². The van der Waals surface area contributed by atoms with Gasteiger partial charge in [0.05, 0.1) is 18.3 Å². The molecule has 4 atom stereocenters. The van der Waals surface area contributed by atoms with Crippen molar-refractivity contribution in [1.82, 2.24) is 0 Å². The van der Waals surface area contributed by atoms with Gasteiger partial charge >= 0.3 is 0 Å². The van der Waals surface area contributed by atoms with Gasteiger partial charge in [-0.3, -0.25) is 0 Å². The fourth-order valence-electron chi connectivity index (χ4n) is 2.37. The molecular weight excluding hydrogens is 220 g/mol. The Morgan fingerprint density at radius 3 is 2.06 bits per heavy atom. The molecule has 1 aliphatic heterocycles. The number of aliphatic hydroxyl groups excluding tert-OH is 2. The average molecular weight is 246 g/mol. The number of aliphatic hydroxyl groups is 2. The molecule has 0 aromatic rings. The summed E-state index contributed by atoms with van der Waals surface area (Å²) in [5.41, 5.74) is 0. The highest BCUT2D eigenvalue weighted by molar-refractivity contribution is 4.81. The van der Waals surface area contributed by atoms with E-state index in [1.54, 1.807) is 6.92 Å². The second-order valence-corrected chi connectivity index (χ2v) is 5.65. The van der Waals surface area contributed by atoms with Crippen LogP contribution in [0.1, 0.15) is 41.0 Å². The lowest BCUT2D eigenvalue weighted by Gasteiger charge is -2.38. The minimum Gasteiger partial charge on any atom is -0.390 e. The van der Waals surface area contributed by atoms with Gasteiger partial charge in [-0.2, -0.15) is 0 Å². The van der Waals surface area contributed by atoms with E-state index in [2.05, 4.69) is 27.7 Å². The summed E-state index contributed by atoms with van der Waals surface area (Å²) in [6.45, 7) is 10.2. The Hall–Kier alpha value is -0.160. The molecule has 0 spiro atoms. The Morgan fingerprint density at radius 1 is 1.12 bits per heavy atom. The van der Waals surface area contributed by atoms with E-state index < -0.39 is 18.5 Å². The first-order chi connectivity index (χ1) is 7.82. The van der Waals surface area contributed by atoms with E-state index in [0.717, 1.165) is 0 Å². The number of ether oxygens (including phenoxy) is 2. The predicted octanol–water partition coefficient (Wildman–Crippen LogP) is 1.54. The van der Waals surface area contributed by atoms with Crippen molar-refractivity contribution in [1.29, 1.82) is 0 Å². The van der Waals surface area contributed by atoms with E-state index in [4.69, 9.17) is 9.47 Å². The van der Waals surface area contributed by atoms with Gasteiger partial charge in [0, 0.05) is 6.42 Å². The van der Waals surface area contributed by atoms with Crippen LogP contribution in [-0.2, 0) is 9.47 Å². The van der Waals surface area contributed by atoms with Gasteiger partial charge in [0.15, 0.2) is 6.29 Å². The number of hydrogen-bond acceptors (Lipinski definition) is 4. The fourth-order valence-corrected chi connectivity index (χ4v) is 2.37. The zero-order chi connectivity index (χ0) is 13.2. The maximum atomic E-state index is 9.70. The molecule has 1 rings (SSSR count). The monoisotopic (exact) mass is 246 g/mol. The molecule has 1 saturated heterocycles. The summed E-state index contributed by atoms with van der Waals surface area (Å²) in [5.74, 6) is 0.802. The molecule has 4 heteroatoms. The summed E-state index contributed by atoms with van der Waals surface area (Å²) in [6.07, 6.45) is -1.94. The van der Waals surface area contributed by atoms with Crippen LogP contribution in [0.25, 0.3) is 0 Å². The van der Waals surface area contributed by atoms with Crippen LogP contribution in [0.4, 0.5) is 0 Å². The fraction of sp³-hybridized carbons (Fsp3) is 1.00. The molecule has 1 fully saturated rings. The molecule has 102 valence electrons. The van der Waals surface area contributed by atoms with Gasteiger partial charge < -0.3 is 19.7 Å². The van der Waals surface area contributed by atoms with Crippen LogP contribution in [-0.4, -0.2) is 40.9 Å². The van der Waals surface area contributed by atoms with Crippen LogP contribution in [0.2, 0.25) is 0 Å². The lowest BCUT2D eigenvalue weighted by molar-refractivity contribution is -0.268. The molecule has 1 heterocycles. The Kier molecular flexibility index (Phi) is 5.38. The van der Waals surface area contributed by atoms with Gasteiger partial charge in [-0.1, -0.05) is 27.7 Å². The molecule has 0 aliphatic carbocycles. The van der Waals surface area contributed by atoms with E-state index in [0.29, 0.717) is 18.3 Å². The molecule has 0 aromatic carbocycles. The molecule has 0 radical (unpaired) electrons. The summed E-state index contributed by atoms with van der Waals surface area (Å²) in [6, 6.07) is 0. The van der Waals surface area contributed by atoms with Crippen LogP contribution >= 0.6 is 0 Å². The molecule has 0 aromatic heterocycles. The highest BCUT2D eigenvalue weighted by Gasteiger charge is 2.36. The second kappa shape index (κ2) is 6.14. The molecule has 0 saturated carbocycles. The summed E-state index contributed by atoms with van der Waals surface area (Å²) in [7, 11) is 0. The third-order valence-corrected chi connectivity index (χ3v) is 3.30. The Balaban J connectivity index is 2.56. The van der Waals surface area contributed by atoms with E-state index in [-0.39, 0.29) is 12.2 Å². The van der Waals surface area contributed by atoms with Crippen LogP contribution in [0.15, 0.2) is 0 Å². The van der Waals surface area contributed by atoms with Crippen molar-refractivity contribution in [3.05, 3.63) is 0 Å². The highest BCUT2D eigenvalue weighted by atomic mass is 16.7. The van der Waals surface area contributed by atoms with Crippen molar-refractivity contribution in [2.24, 2.45) is 11.8 Å². The third kappa shape index (κ3) is 3.91. The lowest BCUT2D eigenvalue weighted by Crippen LogP contribution is -2.49. The van der Waals surface area contributed by atoms with Crippen LogP contribution in [0.3, 0.4) is 0 Å². The molecule has 0 amide bonds. The van der Waals surface area contributed by atoms with E-state index in [1.807, 2.05) is 0 Å². The van der Waals surface area contributed by atoms with Crippen molar-refractivity contribution in [3.63, 3.8) is 0 Å². The largest absolute Gasteiger partial charge is 0.390 e. The molecule has 2 N–H and O–H groups in total. The average Bonchev–Trinajstić information content (AvgIpc) is 2.21. The Labute approximate surface area is 104 Å². The van der Waals surface area contributed by atoms with Crippen molar-refractivity contribution in [2.75, 3.05) is 0 Å². The minimum atomic E-state index is -0.814. The summed E-state index contributed by atoms with van der Waals surface area (Å²) in [4.78, 5) is 0. The van der Waals surface area contributed by atoms with Gasteiger partial charge in [-0.15, -0.1) is 0 Å². The van der Waals surface area contributed by atoms with Gasteiger partial charge in [0.2, 0.25) is 0 Å². The van der Waals surface area contributed by atoms with Crippen molar-refractivity contribution < 1.29 is 19.7 Å². The quantitative estimate of drug-likeness (QED) is 0.790. The highest BCUT2D eigenvalue weighted by Crippen LogP contribution is 2.25. The molecule has 4 nitrogen and oxygen atoms in total. The Bertz CT molecular complexity index is 209. The number of rotatable bonds is 4. The SMILES string of the molecule is CC(C)C(O[C@H]1C[C@H](O)[C@H](O)[C@@H](C)O1)C(C)C. The van der Waals surface area contributed by atoms with Crippen molar-refractivity contribution in [3.8, 4) is 0 Å². The first-order valence-corrected chi connectivity index (χ1v) is 6.50. The Morgan fingerprint density at radius 2 is 1.65 bits per heavy atom. The van der Waals surface area contributed by atoms with Gasteiger partial charge in [-0.05, 0) is 18.8 Å². The van der Waals surface area contributed by atoms with Gasteiger partial charge in [0.1, 0.15) is 6.10 Å². The predicted molar refractivity (Wildman–Crippen MR) is 65.5 cm³/mol.